The third-order valence-corrected chi connectivity index (χ3v) is 4.27. The molecule has 2 aromatic rings. The van der Waals surface area contributed by atoms with Crippen LogP contribution in [-0.2, 0) is 0 Å². The minimum absolute atomic E-state index is 0.0971. The Morgan fingerprint density at radius 1 is 1.29 bits per heavy atom. The second kappa shape index (κ2) is 5.28. The van der Waals surface area contributed by atoms with Gasteiger partial charge in [-0.2, -0.15) is 0 Å². The van der Waals surface area contributed by atoms with Crippen molar-refractivity contribution < 1.29 is 9.90 Å². The maximum absolute atomic E-state index is 12.5. The van der Waals surface area contributed by atoms with Crippen molar-refractivity contribution >= 4 is 11.6 Å². The van der Waals surface area contributed by atoms with Crippen LogP contribution in [0.3, 0.4) is 0 Å². The molecule has 1 saturated carbocycles. The Bertz CT molecular complexity index is 684. The van der Waals surface area contributed by atoms with Gasteiger partial charge in [-0.05, 0) is 68.5 Å². The van der Waals surface area contributed by atoms with Crippen LogP contribution in [0.15, 0.2) is 30.5 Å². The van der Waals surface area contributed by atoms with Crippen LogP contribution in [0.4, 0.5) is 5.69 Å². The molecular weight excluding hydrogens is 264 g/mol. The van der Waals surface area contributed by atoms with E-state index in [2.05, 4.69) is 9.88 Å². The maximum atomic E-state index is 12.5. The predicted molar refractivity (Wildman–Crippen MR) is 82.9 cm³/mol. The van der Waals surface area contributed by atoms with Crippen LogP contribution in [-0.4, -0.2) is 15.6 Å². The number of rotatable bonds is 3. The average Bonchev–Trinajstić information content (AvgIpc) is 2.83. The summed E-state index contributed by atoms with van der Waals surface area (Å²) in [4.78, 5) is 12.5. The number of nitrogens with one attached hydrogen (secondary N) is 1. The first-order valence-electron chi connectivity index (χ1n) is 7.34. The van der Waals surface area contributed by atoms with Gasteiger partial charge in [0.2, 0.25) is 0 Å². The summed E-state index contributed by atoms with van der Waals surface area (Å²) in [7, 11) is 0. The van der Waals surface area contributed by atoms with Gasteiger partial charge in [-0.15, -0.1) is 0 Å². The Labute approximate surface area is 124 Å². The van der Waals surface area contributed by atoms with Gasteiger partial charge in [0.15, 0.2) is 0 Å². The standard InChI is InChI=1S/C17H20N2O2/c1-11-10-16(20)12(2)9-14(11)18-17(21)15-7-4-8-19(15)13-5-3-6-13/h4,7-10,13,20H,3,5-6H2,1-2H3,(H,18,21). The summed E-state index contributed by atoms with van der Waals surface area (Å²) < 4.78 is 2.07. The Balaban J connectivity index is 1.84. The van der Waals surface area contributed by atoms with Crippen molar-refractivity contribution in [2.75, 3.05) is 5.32 Å². The van der Waals surface area contributed by atoms with Crippen molar-refractivity contribution in [1.82, 2.24) is 4.57 Å². The van der Waals surface area contributed by atoms with Gasteiger partial charge in [-0.3, -0.25) is 4.79 Å². The van der Waals surface area contributed by atoms with Crippen LogP contribution >= 0.6 is 0 Å². The van der Waals surface area contributed by atoms with Gasteiger partial charge < -0.3 is 15.0 Å². The normalized spacial score (nSPS) is 14.8. The molecule has 0 saturated heterocycles. The number of aromatic hydroxyl groups is 1. The van der Waals surface area contributed by atoms with Gasteiger partial charge in [-0.1, -0.05) is 0 Å². The summed E-state index contributed by atoms with van der Waals surface area (Å²) in [5, 5.41) is 12.6. The number of hydrogen-bond acceptors (Lipinski definition) is 2. The van der Waals surface area contributed by atoms with Gasteiger partial charge >= 0.3 is 0 Å². The van der Waals surface area contributed by atoms with Crippen molar-refractivity contribution in [3.05, 3.63) is 47.3 Å². The molecule has 110 valence electrons. The molecule has 2 N–H and O–H groups in total. The number of nitrogens with zero attached hydrogens (tertiary/aromatic N) is 1. The largest absolute Gasteiger partial charge is 0.508 e. The van der Waals surface area contributed by atoms with E-state index in [4.69, 9.17) is 0 Å². The smallest absolute Gasteiger partial charge is 0.272 e. The second-order valence-electron chi connectivity index (χ2n) is 5.79. The molecule has 0 radical (unpaired) electrons. The molecule has 4 heteroatoms. The number of amides is 1. The lowest BCUT2D eigenvalue weighted by Gasteiger charge is -2.28. The highest BCUT2D eigenvalue weighted by atomic mass is 16.3. The van der Waals surface area contributed by atoms with Crippen LogP contribution in [0, 0.1) is 13.8 Å². The lowest BCUT2D eigenvalue weighted by Crippen LogP contribution is -2.23. The van der Waals surface area contributed by atoms with Crippen LogP contribution < -0.4 is 5.32 Å². The number of hydrogen-bond donors (Lipinski definition) is 2. The Morgan fingerprint density at radius 3 is 2.71 bits per heavy atom. The zero-order valence-corrected chi connectivity index (χ0v) is 12.4. The topological polar surface area (TPSA) is 54.3 Å². The van der Waals surface area contributed by atoms with E-state index in [1.807, 2.05) is 32.2 Å². The molecule has 0 aliphatic heterocycles. The summed E-state index contributed by atoms with van der Waals surface area (Å²) in [5.74, 6) is 0.156. The van der Waals surface area contributed by atoms with E-state index in [1.165, 1.54) is 6.42 Å². The second-order valence-corrected chi connectivity index (χ2v) is 5.79. The van der Waals surface area contributed by atoms with Crippen molar-refractivity contribution in [2.45, 2.75) is 39.2 Å². The molecule has 1 aliphatic rings. The van der Waals surface area contributed by atoms with Crippen LogP contribution in [0.5, 0.6) is 5.75 Å². The summed E-state index contributed by atoms with van der Waals surface area (Å²) in [6, 6.07) is 7.72. The molecule has 0 bridgehead atoms. The van der Waals surface area contributed by atoms with Crippen molar-refractivity contribution in [1.29, 1.82) is 0 Å². The minimum Gasteiger partial charge on any atom is -0.508 e. The SMILES string of the molecule is Cc1cc(NC(=O)c2cccn2C2CCC2)c(C)cc1O. The molecule has 21 heavy (non-hydrogen) atoms. The molecule has 1 fully saturated rings. The number of carbonyl (C=O) groups excluding carboxylic acids is 1. The van der Waals surface area contributed by atoms with Gasteiger partial charge in [0.25, 0.3) is 5.91 Å². The van der Waals surface area contributed by atoms with Crippen LogP contribution in [0.25, 0.3) is 0 Å². The zero-order valence-electron chi connectivity index (χ0n) is 12.4. The third kappa shape index (κ3) is 2.53. The molecule has 1 aromatic carbocycles. The average molecular weight is 284 g/mol. The molecule has 1 heterocycles. The highest BCUT2D eigenvalue weighted by Crippen LogP contribution is 2.33. The number of phenols is 1. The number of aromatic nitrogens is 1. The Morgan fingerprint density at radius 2 is 2.05 bits per heavy atom. The summed E-state index contributed by atoms with van der Waals surface area (Å²) >= 11 is 0. The fraction of sp³-hybridized carbons (Fsp3) is 0.353. The molecule has 1 aliphatic carbocycles. The van der Waals surface area contributed by atoms with E-state index >= 15 is 0 Å². The molecular formula is C17H20N2O2. The lowest BCUT2D eigenvalue weighted by molar-refractivity contribution is 0.101. The van der Waals surface area contributed by atoms with E-state index in [0.29, 0.717) is 11.7 Å². The number of anilines is 1. The van der Waals surface area contributed by atoms with Gasteiger partial charge in [0.05, 0.1) is 0 Å². The summed E-state index contributed by atoms with van der Waals surface area (Å²) in [6.45, 7) is 3.70. The monoisotopic (exact) mass is 284 g/mol. The van der Waals surface area contributed by atoms with Gasteiger partial charge in [0.1, 0.15) is 11.4 Å². The predicted octanol–water partition coefficient (Wildman–Crippen LogP) is 3.79. The summed E-state index contributed by atoms with van der Waals surface area (Å²) in [5.41, 5.74) is 3.06. The molecule has 1 amide bonds. The number of phenolic OH excluding ortho intramolecular Hbond substituents is 1. The number of aryl methyl sites for hydroxylation is 2. The lowest BCUT2D eigenvalue weighted by atomic mass is 9.93. The van der Waals surface area contributed by atoms with Crippen LogP contribution in [0.1, 0.15) is 46.9 Å². The first-order valence-corrected chi connectivity index (χ1v) is 7.34. The summed E-state index contributed by atoms with van der Waals surface area (Å²) in [6.07, 6.45) is 5.51. The van der Waals surface area contributed by atoms with Crippen molar-refractivity contribution in [3.8, 4) is 5.75 Å². The maximum Gasteiger partial charge on any atom is 0.272 e. The first-order chi connectivity index (χ1) is 10.1. The van der Waals surface area contributed by atoms with Crippen molar-refractivity contribution in [3.63, 3.8) is 0 Å². The molecule has 1 aromatic heterocycles. The minimum atomic E-state index is -0.0971. The van der Waals surface area contributed by atoms with E-state index < -0.39 is 0 Å². The Kier molecular flexibility index (Phi) is 3.45. The van der Waals surface area contributed by atoms with E-state index in [-0.39, 0.29) is 11.7 Å². The number of benzene rings is 1. The zero-order chi connectivity index (χ0) is 15.0. The fourth-order valence-electron chi connectivity index (χ4n) is 2.69. The molecule has 3 rings (SSSR count). The molecule has 0 spiro atoms. The van der Waals surface area contributed by atoms with E-state index in [9.17, 15) is 9.90 Å². The fourth-order valence-corrected chi connectivity index (χ4v) is 2.69. The van der Waals surface area contributed by atoms with Gasteiger partial charge in [0, 0.05) is 17.9 Å². The highest BCUT2D eigenvalue weighted by Gasteiger charge is 2.23. The third-order valence-electron chi connectivity index (χ3n) is 4.27. The van der Waals surface area contributed by atoms with Crippen molar-refractivity contribution in [2.24, 2.45) is 0 Å². The van der Waals surface area contributed by atoms with Crippen LogP contribution in [0.2, 0.25) is 0 Å². The quantitative estimate of drug-likeness (QED) is 0.843. The highest BCUT2D eigenvalue weighted by molar-refractivity contribution is 6.03. The molecule has 0 unspecified atom stereocenters. The molecule has 4 nitrogen and oxygen atoms in total. The Hall–Kier alpha value is -2.23. The molecule has 0 atom stereocenters. The number of carbonyl (C=O) groups is 1. The van der Waals surface area contributed by atoms with E-state index in [1.54, 1.807) is 12.1 Å². The van der Waals surface area contributed by atoms with E-state index in [0.717, 1.165) is 29.7 Å². The first kappa shape index (κ1) is 13.7. The van der Waals surface area contributed by atoms with Gasteiger partial charge in [-0.25, -0.2) is 0 Å².